The molecule has 0 heterocycles. The fraction of sp³-hybridized carbons (Fsp3) is 0.235. The van der Waals surface area contributed by atoms with E-state index < -0.39 is 0 Å². The predicted octanol–water partition coefficient (Wildman–Crippen LogP) is 3.88. The first-order valence-electron chi connectivity index (χ1n) is 7.02. The largest absolute Gasteiger partial charge is 0.382 e. The minimum Gasteiger partial charge on any atom is -0.382 e. The lowest BCUT2D eigenvalue weighted by molar-refractivity contribution is -0.114. The average Bonchev–Trinajstić information content (AvgIpc) is 2.83. The van der Waals surface area contributed by atoms with Gasteiger partial charge in [-0.2, -0.15) is 0 Å². The molecule has 108 valence electrons. The summed E-state index contributed by atoms with van der Waals surface area (Å²) in [6, 6.07) is 14.6. The molecule has 0 fully saturated rings. The normalized spacial score (nSPS) is 13.8. The minimum absolute atomic E-state index is 0.121. The lowest BCUT2D eigenvalue weighted by Crippen LogP contribution is -2.19. The molecule has 0 spiro atoms. The van der Waals surface area contributed by atoms with Gasteiger partial charge in [0.25, 0.3) is 0 Å². The van der Waals surface area contributed by atoms with E-state index in [9.17, 15) is 4.79 Å². The number of hydrogen-bond acceptors (Lipinski definition) is 2. The Bertz CT molecular complexity index is 659. The maximum Gasteiger partial charge on any atom is 0.221 e. The van der Waals surface area contributed by atoms with Gasteiger partial charge in [-0.1, -0.05) is 35.9 Å². The van der Waals surface area contributed by atoms with E-state index in [4.69, 9.17) is 11.6 Å². The van der Waals surface area contributed by atoms with Gasteiger partial charge < -0.3 is 10.6 Å². The molecule has 0 aliphatic heterocycles. The highest BCUT2D eigenvalue weighted by molar-refractivity contribution is 6.34. The Hall–Kier alpha value is -2.00. The Morgan fingerprint density at radius 3 is 2.38 bits per heavy atom. The number of amides is 1. The van der Waals surface area contributed by atoms with Gasteiger partial charge >= 0.3 is 0 Å². The Balaban J connectivity index is 1.69. The number of carbonyl (C=O) groups excluding carboxylic acids is 1. The van der Waals surface area contributed by atoms with Gasteiger partial charge in [-0.25, -0.2) is 0 Å². The van der Waals surface area contributed by atoms with E-state index in [0.29, 0.717) is 16.8 Å². The zero-order chi connectivity index (χ0) is 14.8. The summed E-state index contributed by atoms with van der Waals surface area (Å²) in [4.78, 5) is 11.1. The Kier molecular flexibility index (Phi) is 3.84. The fourth-order valence-electron chi connectivity index (χ4n) is 2.79. The van der Waals surface area contributed by atoms with Crippen LogP contribution in [-0.2, 0) is 17.6 Å². The van der Waals surface area contributed by atoms with Crippen molar-refractivity contribution in [3.05, 3.63) is 58.6 Å². The first kappa shape index (κ1) is 14.0. The number of fused-ring (bicyclic) bond motifs is 1. The summed E-state index contributed by atoms with van der Waals surface area (Å²) < 4.78 is 0. The molecule has 2 aromatic rings. The summed E-state index contributed by atoms with van der Waals surface area (Å²) in [5.74, 6) is -0.121. The van der Waals surface area contributed by atoms with Crippen LogP contribution in [0.4, 0.5) is 11.4 Å². The van der Waals surface area contributed by atoms with Gasteiger partial charge in [-0.15, -0.1) is 0 Å². The smallest absolute Gasteiger partial charge is 0.221 e. The molecule has 2 N–H and O–H groups in total. The minimum atomic E-state index is -0.121. The van der Waals surface area contributed by atoms with Gasteiger partial charge in [0.05, 0.1) is 10.7 Å². The van der Waals surface area contributed by atoms with Crippen LogP contribution in [0.5, 0.6) is 0 Å². The van der Waals surface area contributed by atoms with E-state index >= 15 is 0 Å². The number of benzene rings is 2. The van der Waals surface area contributed by atoms with Crippen molar-refractivity contribution in [2.45, 2.75) is 25.8 Å². The summed E-state index contributed by atoms with van der Waals surface area (Å²) in [7, 11) is 0. The van der Waals surface area contributed by atoms with E-state index in [1.807, 2.05) is 18.2 Å². The van der Waals surface area contributed by atoms with E-state index in [2.05, 4.69) is 34.9 Å². The lowest BCUT2D eigenvalue weighted by Gasteiger charge is -2.15. The second-order valence-electron chi connectivity index (χ2n) is 5.39. The first-order valence-corrected chi connectivity index (χ1v) is 7.40. The number of anilines is 2. The molecule has 0 unspecified atom stereocenters. The standard InChI is InChI=1S/C17H17ClN2O/c1-11(21)19-17-7-6-14(10-16(17)18)20-15-8-12-4-2-3-5-13(12)9-15/h2-7,10,15,20H,8-9H2,1H3,(H,19,21). The van der Waals surface area contributed by atoms with Crippen LogP contribution in [-0.4, -0.2) is 11.9 Å². The van der Waals surface area contributed by atoms with Crippen LogP contribution in [0.1, 0.15) is 18.1 Å². The zero-order valence-corrected chi connectivity index (χ0v) is 12.6. The van der Waals surface area contributed by atoms with Crippen molar-refractivity contribution >= 4 is 28.9 Å². The van der Waals surface area contributed by atoms with Crippen molar-refractivity contribution in [2.24, 2.45) is 0 Å². The molecule has 0 saturated carbocycles. The third-order valence-electron chi connectivity index (χ3n) is 3.70. The van der Waals surface area contributed by atoms with Gasteiger partial charge in [0.15, 0.2) is 0 Å². The molecule has 3 nitrogen and oxygen atoms in total. The summed E-state index contributed by atoms with van der Waals surface area (Å²) in [6.07, 6.45) is 2.06. The maximum absolute atomic E-state index is 11.1. The molecule has 1 amide bonds. The predicted molar refractivity (Wildman–Crippen MR) is 87.0 cm³/mol. The van der Waals surface area contributed by atoms with Gasteiger partial charge in [0, 0.05) is 18.7 Å². The van der Waals surface area contributed by atoms with Crippen LogP contribution in [0.2, 0.25) is 5.02 Å². The maximum atomic E-state index is 11.1. The van der Waals surface area contributed by atoms with Crippen LogP contribution < -0.4 is 10.6 Å². The van der Waals surface area contributed by atoms with Crippen molar-refractivity contribution in [3.8, 4) is 0 Å². The molecule has 4 heteroatoms. The van der Waals surface area contributed by atoms with Crippen molar-refractivity contribution in [1.29, 1.82) is 0 Å². The molecule has 3 rings (SSSR count). The Labute approximate surface area is 129 Å². The molecule has 2 aromatic carbocycles. The summed E-state index contributed by atoms with van der Waals surface area (Å²) in [5, 5.41) is 6.77. The lowest BCUT2D eigenvalue weighted by atomic mass is 10.1. The average molecular weight is 301 g/mol. The van der Waals surface area contributed by atoms with Crippen LogP contribution in [0.15, 0.2) is 42.5 Å². The summed E-state index contributed by atoms with van der Waals surface area (Å²) in [6.45, 7) is 1.47. The van der Waals surface area contributed by atoms with Crippen LogP contribution in [0.3, 0.4) is 0 Å². The third kappa shape index (κ3) is 3.19. The number of carbonyl (C=O) groups is 1. The Morgan fingerprint density at radius 2 is 1.81 bits per heavy atom. The monoisotopic (exact) mass is 300 g/mol. The quantitative estimate of drug-likeness (QED) is 0.903. The second kappa shape index (κ2) is 5.78. The highest BCUT2D eigenvalue weighted by Crippen LogP contribution is 2.28. The van der Waals surface area contributed by atoms with Gasteiger partial charge in [-0.05, 0) is 42.2 Å². The molecule has 0 bridgehead atoms. The first-order chi connectivity index (χ1) is 10.1. The van der Waals surface area contributed by atoms with E-state index in [1.54, 1.807) is 0 Å². The molecule has 1 aliphatic carbocycles. The number of rotatable bonds is 3. The summed E-state index contributed by atoms with van der Waals surface area (Å²) >= 11 is 6.19. The van der Waals surface area contributed by atoms with Gasteiger partial charge in [0.2, 0.25) is 5.91 Å². The van der Waals surface area contributed by atoms with Crippen molar-refractivity contribution in [3.63, 3.8) is 0 Å². The molecular formula is C17H17ClN2O. The highest BCUT2D eigenvalue weighted by atomic mass is 35.5. The van der Waals surface area contributed by atoms with Gasteiger partial charge in [0.1, 0.15) is 0 Å². The molecular weight excluding hydrogens is 284 g/mol. The molecule has 0 saturated heterocycles. The third-order valence-corrected chi connectivity index (χ3v) is 4.01. The second-order valence-corrected chi connectivity index (χ2v) is 5.80. The molecule has 0 radical (unpaired) electrons. The number of hydrogen-bond donors (Lipinski definition) is 2. The van der Waals surface area contributed by atoms with Crippen molar-refractivity contribution in [2.75, 3.05) is 10.6 Å². The SMILES string of the molecule is CC(=O)Nc1ccc(NC2Cc3ccccc3C2)cc1Cl. The van der Waals surface area contributed by atoms with Crippen LogP contribution in [0.25, 0.3) is 0 Å². The fourth-order valence-corrected chi connectivity index (χ4v) is 3.02. The topological polar surface area (TPSA) is 41.1 Å². The molecule has 0 atom stereocenters. The molecule has 0 aromatic heterocycles. The summed E-state index contributed by atoms with van der Waals surface area (Å²) in [5.41, 5.74) is 4.45. The van der Waals surface area contributed by atoms with E-state index in [-0.39, 0.29) is 5.91 Å². The van der Waals surface area contributed by atoms with Crippen LogP contribution >= 0.6 is 11.6 Å². The van der Waals surface area contributed by atoms with E-state index in [1.165, 1.54) is 18.1 Å². The molecule has 21 heavy (non-hydrogen) atoms. The van der Waals surface area contributed by atoms with Gasteiger partial charge in [-0.3, -0.25) is 4.79 Å². The van der Waals surface area contributed by atoms with Crippen LogP contribution in [0, 0.1) is 0 Å². The zero-order valence-electron chi connectivity index (χ0n) is 11.8. The Morgan fingerprint density at radius 1 is 1.14 bits per heavy atom. The number of nitrogens with one attached hydrogen (secondary N) is 2. The molecule has 1 aliphatic rings. The number of halogens is 1. The van der Waals surface area contributed by atoms with E-state index in [0.717, 1.165) is 18.5 Å². The highest BCUT2D eigenvalue weighted by Gasteiger charge is 2.20. The van der Waals surface area contributed by atoms with Crippen molar-refractivity contribution in [1.82, 2.24) is 0 Å². The van der Waals surface area contributed by atoms with Crippen molar-refractivity contribution < 1.29 is 4.79 Å².